The van der Waals surface area contributed by atoms with Crippen molar-refractivity contribution in [2.75, 3.05) is 13.1 Å². The van der Waals surface area contributed by atoms with Gasteiger partial charge in [0, 0.05) is 13.0 Å². The van der Waals surface area contributed by atoms with Gasteiger partial charge in [0.15, 0.2) is 0 Å². The molecular weight excluding hydrogens is 376 g/mol. The number of nitrogens with one attached hydrogen (secondary N) is 1. The van der Waals surface area contributed by atoms with E-state index in [0.29, 0.717) is 13.0 Å². The molecule has 1 aromatic carbocycles. The molecule has 150 valence electrons. The predicted octanol–water partition coefficient (Wildman–Crippen LogP) is 2.79. The van der Waals surface area contributed by atoms with Gasteiger partial charge >= 0.3 is 6.03 Å². The van der Waals surface area contributed by atoms with Crippen molar-refractivity contribution in [3.63, 3.8) is 0 Å². The summed E-state index contributed by atoms with van der Waals surface area (Å²) in [6.07, 6.45) is -0.376. The second-order valence-electron chi connectivity index (χ2n) is 7.43. The summed E-state index contributed by atoms with van der Waals surface area (Å²) in [5.41, 5.74) is 4.89. The zero-order valence-corrected chi connectivity index (χ0v) is 17.2. The van der Waals surface area contributed by atoms with E-state index in [0.717, 1.165) is 21.7 Å². The quantitative estimate of drug-likeness (QED) is 0.805. The van der Waals surface area contributed by atoms with Crippen LogP contribution in [0.5, 0.6) is 0 Å². The van der Waals surface area contributed by atoms with Crippen LogP contribution in [0.4, 0.5) is 4.79 Å². The lowest BCUT2D eigenvalue weighted by Gasteiger charge is -2.28. The van der Waals surface area contributed by atoms with Crippen molar-refractivity contribution in [2.24, 2.45) is 5.92 Å². The Bertz CT molecular complexity index is 834. The number of carbonyl (C=O) groups is 2. The third-order valence-electron chi connectivity index (χ3n) is 4.57. The van der Waals surface area contributed by atoms with E-state index in [-0.39, 0.29) is 30.9 Å². The second kappa shape index (κ2) is 8.70. The fourth-order valence-electron chi connectivity index (χ4n) is 3.16. The van der Waals surface area contributed by atoms with Crippen LogP contribution < -0.4 is 5.32 Å². The van der Waals surface area contributed by atoms with Crippen molar-refractivity contribution < 1.29 is 14.7 Å². The minimum atomic E-state index is -0.719. The van der Waals surface area contributed by atoms with E-state index in [1.807, 2.05) is 50.5 Å². The lowest BCUT2D eigenvalue weighted by atomic mass is 10.1. The van der Waals surface area contributed by atoms with Gasteiger partial charge in [0.2, 0.25) is 5.91 Å². The number of hydrazine groups is 1. The van der Waals surface area contributed by atoms with Crippen LogP contribution >= 0.6 is 11.3 Å². The molecular formula is C20H26N4O3S. The molecule has 2 heterocycles. The van der Waals surface area contributed by atoms with E-state index in [4.69, 9.17) is 0 Å². The van der Waals surface area contributed by atoms with Gasteiger partial charge in [0.05, 0.1) is 35.3 Å². The first-order valence-electron chi connectivity index (χ1n) is 9.38. The van der Waals surface area contributed by atoms with Crippen molar-refractivity contribution in [1.29, 1.82) is 0 Å². The third-order valence-corrected chi connectivity index (χ3v) is 5.55. The topological polar surface area (TPSA) is 85.8 Å². The number of aryl methyl sites for hydroxylation is 1. The first-order valence-corrected chi connectivity index (χ1v) is 10.3. The van der Waals surface area contributed by atoms with Gasteiger partial charge in [-0.2, -0.15) is 0 Å². The lowest BCUT2D eigenvalue weighted by Crippen LogP contribution is -2.49. The van der Waals surface area contributed by atoms with Gasteiger partial charge in [0.25, 0.3) is 0 Å². The van der Waals surface area contributed by atoms with Crippen LogP contribution in [0.2, 0.25) is 0 Å². The molecule has 1 aromatic heterocycles. The molecule has 2 aromatic rings. The first kappa shape index (κ1) is 20.3. The zero-order valence-electron chi connectivity index (χ0n) is 16.4. The summed E-state index contributed by atoms with van der Waals surface area (Å²) in [5, 5.41) is 15.4. The van der Waals surface area contributed by atoms with E-state index in [1.165, 1.54) is 10.0 Å². The summed E-state index contributed by atoms with van der Waals surface area (Å²) in [6, 6.07) is 7.58. The van der Waals surface area contributed by atoms with Gasteiger partial charge < -0.3 is 10.4 Å². The van der Waals surface area contributed by atoms with Gasteiger partial charge in [-0.05, 0) is 24.0 Å². The Morgan fingerprint density at radius 2 is 1.93 bits per heavy atom. The standard InChI is InChI=1S/C20H26N4O3S/c1-13(2)8-18(26)23-10-17(25)11-24(23)20(27)21-9-15-4-6-16(7-5-15)19-14(3)22-12-28-19/h4-7,12-13,17,25H,8-11H2,1-3H3,(H,21,27)/t17-/m0/s1. The number of hydrogen-bond donors (Lipinski definition) is 2. The highest BCUT2D eigenvalue weighted by Crippen LogP contribution is 2.27. The Balaban J connectivity index is 1.60. The molecule has 0 bridgehead atoms. The lowest BCUT2D eigenvalue weighted by molar-refractivity contribution is -0.141. The van der Waals surface area contributed by atoms with E-state index in [1.54, 1.807) is 11.3 Å². The number of amides is 3. The Morgan fingerprint density at radius 3 is 2.54 bits per heavy atom. The van der Waals surface area contributed by atoms with Gasteiger partial charge in [-0.1, -0.05) is 38.1 Å². The molecule has 3 rings (SSSR count). The maximum atomic E-state index is 12.6. The highest BCUT2D eigenvalue weighted by atomic mass is 32.1. The molecule has 3 amide bonds. The number of urea groups is 1. The number of β-amino-alcohol motifs (C(OH)–C–C–N with tert-alkyl or cyclic N) is 1. The fraction of sp³-hybridized carbons (Fsp3) is 0.450. The van der Waals surface area contributed by atoms with E-state index >= 15 is 0 Å². The third kappa shape index (κ3) is 4.69. The summed E-state index contributed by atoms with van der Waals surface area (Å²) < 4.78 is 0. The van der Waals surface area contributed by atoms with Gasteiger partial charge in [0.1, 0.15) is 0 Å². The van der Waals surface area contributed by atoms with Crippen molar-refractivity contribution >= 4 is 23.3 Å². The number of aliphatic hydroxyl groups excluding tert-OH is 1. The molecule has 28 heavy (non-hydrogen) atoms. The molecule has 0 aliphatic carbocycles. The first-order chi connectivity index (χ1) is 13.3. The van der Waals surface area contributed by atoms with Crippen LogP contribution in [0.25, 0.3) is 10.4 Å². The van der Waals surface area contributed by atoms with Crippen molar-refractivity contribution in [3.8, 4) is 10.4 Å². The summed E-state index contributed by atoms with van der Waals surface area (Å²) in [6.45, 7) is 6.51. The Hall–Kier alpha value is -2.45. The number of thiazole rings is 1. The Kier molecular flexibility index (Phi) is 6.31. The Morgan fingerprint density at radius 1 is 1.25 bits per heavy atom. The minimum Gasteiger partial charge on any atom is -0.389 e. The monoisotopic (exact) mass is 402 g/mol. The van der Waals surface area contributed by atoms with Crippen LogP contribution in [0.3, 0.4) is 0 Å². The number of carbonyl (C=O) groups excluding carboxylic acids is 2. The maximum absolute atomic E-state index is 12.6. The molecule has 1 saturated heterocycles. The average Bonchev–Trinajstić information content (AvgIpc) is 3.25. The van der Waals surface area contributed by atoms with E-state index in [9.17, 15) is 14.7 Å². The summed E-state index contributed by atoms with van der Waals surface area (Å²) in [4.78, 5) is 30.3. The van der Waals surface area contributed by atoms with Gasteiger partial charge in [-0.15, -0.1) is 11.3 Å². The largest absolute Gasteiger partial charge is 0.389 e. The van der Waals surface area contributed by atoms with Crippen molar-refractivity contribution in [2.45, 2.75) is 39.8 Å². The molecule has 1 aliphatic rings. The molecule has 0 radical (unpaired) electrons. The summed E-state index contributed by atoms with van der Waals surface area (Å²) in [7, 11) is 0. The number of nitrogens with zero attached hydrogens (tertiary/aromatic N) is 3. The van der Waals surface area contributed by atoms with Crippen LogP contribution in [-0.2, 0) is 11.3 Å². The molecule has 0 spiro atoms. The normalized spacial score (nSPS) is 16.7. The van der Waals surface area contributed by atoms with E-state index < -0.39 is 6.10 Å². The smallest absolute Gasteiger partial charge is 0.336 e. The number of rotatable bonds is 5. The molecule has 8 heteroatoms. The molecule has 1 aliphatic heterocycles. The summed E-state index contributed by atoms with van der Waals surface area (Å²) in [5.74, 6) is 0.0434. The van der Waals surface area contributed by atoms with Crippen LogP contribution in [0.1, 0.15) is 31.5 Å². The fourth-order valence-corrected chi connectivity index (χ4v) is 3.97. The molecule has 2 N–H and O–H groups in total. The minimum absolute atomic E-state index is 0.124. The number of benzene rings is 1. The predicted molar refractivity (Wildman–Crippen MR) is 108 cm³/mol. The van der Waals surface area contributed by atoms with Crippen LogP contribution in [-0.4, -0.2) is 51.2 Å². The Labute approximate surface area is 169 Å². The number of aromatic nitrogens is 1. The van der Waals surface area contributed by atoms with Gasteiger partial charge in [-0.3, -0.25) is 4.79 Å². The molecule has 0 unspecified atom stereocenters. The number of aliphatic hydroxyl groups is 1. The van der Waals surface area contributed by atoms with E-state index in [2.05, 4.69) is 10.3 Å². The zero-order chi connectivity index (χ0) is 20.3. The van der Waals surface area contributed by atoms with Crippen molar-refractivity contribution in [3.05, 3.63) is 41.0 Å². The SMILES string of the molecule is Cc1ncsc1-c1ccc(CNC(=O)N2C[C@@H](O)CN2C(=O)CC(C)C)cc1. The average molecular weight is 403 g/mol. The molecule has 1 fully saturated rings. The van der Waals surface area contributed by atoms with Crippen LogP contribution in [0.15, 0.2) is 29.8 Å². The maximum Gasteiger partial charge on any atom is 0.336 e. The van der Waals surface area contributed by atoms with Gasteiger partial charge in [-0.25, -0.2) is 19.8 Å². The molecule has 0 saturated carbocycles. The highest BCUT2D eigenvalue weighted by Gasteiger charge is 2.35. The van der Waals surface area contributed by atoms with Crippen LogP contribution in [0, 0.1) is 12.8 Å². The highest BCUT2D eigenvalue weighted by molar-refractivity contribution is 7.13. The molecule has 7 nitrogen and oxygen atoms in total. The number of hydrogen-bond acceptors (Lipinski definition) is 5. The second-order valence-corrected chi connectivity index (χ2v) is 8.29. The summed E-state index contributed by atoms with van der Waals surface area (Å²) >= 11 is 1.60. The molecule has 1 atom stereocenters. The van der Waals surface area contributed by atoms with Crippen molar-refractivity contribution in [1.82, 2.24) is 20.3 Å².